The highest BCUT2D eigenvalue weighted by Gasteiger charge is 2.07. The molecule has 2 aromatic rings. The lowest BCUT2D eigenvalue weighted by molar-refractivity contribution is 0.459. The van der Waals surface area contributed by atoms with Gasteiger partial charge in [0, 0.05) is 23.3 Å². The molecule has 3 nitrogen and oxygen atoms in total. The standard InChI is InChI=1S/C12H9Br2ClN2O/c13-8-1-2-11(9(14)4-8)18-12-3-7(5-16)10(15)6-17-12/h1-4,6H,5,16H2. The molecule has 0 saturated carbocycles. The van der Waals surface area contributed by atoms with Gasteiger partial charge in [-0.05, 0) is 39.7 Å². The maximum atomic E-state index is 5.94. The summed E-state index contributed by atoms with van der Waals surface area (Å²) < 4.78 is 7.47. The zero-order chi connectivity index (χ0) is 13.1. The number of hydrogen-bond acceptors (Lipinski definition) is 3. The summed E-state index contributed by atoms with van der Waals surface area (Å²) in [5, 5.41) is 0.541. The van der Waals surface area contributed by atoms with Crippen molar-refractivity contribution in [3.63, 3.8) is 0 Å². The molecule has 0 aliphatic rings. The molecule has 0 bridgehead atoms. The van der Waals surface area contributed by atoms with Crippen LogP contribution < -0.4 is 10.5 Å². The van der Waals surface area contributed by atoms with Crippen LogP contribution in [-0.2, 0) is 6.54 Å². The second kappa shape index (κ2) is 6.02. The van der Waals surface area contributed by atoms with Crippen molar-refractivity contribution in [3.05, 3.63) is 50.0 Å². The van der Waals surface area contributed by atoms with Gasteiger partial charge < -0.3 is 10.5 Å². The lowest BCUT2D eigenvalue weighted by Gasteiger charge is -2.08. The number of hydrogen-bond donors (Lipinski definition) is 1. The van der Waals surface area contributed by atoms with Crippen LogP contribution in [0.25, 0.3) is 0 Å². The number of nitrogens with zero attached hydrogens (tertiary/aromatic N) is 1. The molecular formula is C12H9Br2ClN2O. The summed E-state index contributed by atoms with van der Waals surface area (Å²) in [5.41, 5.74) is 6.38. The van der Waals surface area contributed by atoms with Gasteiger partial charge in [0.05, 0.1) is 9.50 Å². The maximum absolute atomic E-state index is 5.94. The van der Waals surface area contributed by atoms with Crippen molar-refractivity contribution in [2.24, 2.45) is 5.73 Å². The zero-order valence-electron chi connectivity index (χ0n) is 9.16. The van der Waals surface area contributed by atoms with E-state index in [-0.39, 0.29) is 0 Å². The van der Waals surface area contributed by atoms with E-state index in [9.17, 15) is 0 Å². The van der Waals surface area contributed by atoms with Gasteiger partial charge in [-0.2, -0.15) is 0 Å². The Morgan fingerprint density at radius 3 is 2.72 bits per heavy atom. The minimum absolute atomic E-state index is 0.346. The highest BCUT2D eigenvalue weighted by molar-refractivity contribution is 9.11. The molecule has 1 aromatic carbocycles. The monoisotopic (exact) mass is 390 g/mol. The van der Waals surface area contributed by atoms with E-state index < -0.39 is 0 Å². The summed E-state index contributed by atoms with van der Waals surface area (Å²) in [6, 6.07) is 7.36. The number of ether oxygens (including phenoxy) is 1. The molecule has 0 atom stereocenters. The molecule has 0 saturated heterocycles. The number of benzene rings is 1. The van der Waals surface area contributed by atoms with Crippen LogP contribution in [0.4, 0.5) is 0 Å². The normalized spacial score (nSPS) is 10.4. The van der Waals surface area contributed by atoms with Gasteiger partial charge >= 0.3 is 0 Å². The first kappa shape index (κ1) is 13.8. The van der Waals surface area contributed by atoms with E-state index >= 15 is 0 Å². The molecule has 2 N–H and O–H groups in total. The third-order valence-electron chi connectivity index (χ3n) is 2.24. The van der Waals surface area contributed by atoms with Crippen molar-refractivity contribution >= 4 is 43.5 Å². The molecule has 2 rings (SSSR count). The van der Waals surface area contributed by atoms with E-state index in [1.807, 2.05) is 18.2 Å². The number of pyridine rings is 1. The third kappa shape index (κ3) is 3.23. The Labute approximate surface area is 127 Å². The van der Waals surface area contributed by atoms with Crippen LogP contribution in [0.3, 0.4) is 0 Å². The van der Waals surface area contributed by atoms with E-state index in [0.29, 0.717) is 23.2 Å². The van der Waals surface area contributed by atoms with Crippen LogP contribution in [-0.4, -0.2) is 4.98 Å². The summed E-state index contributed by atoms with van der Waals surface area (Å²) in [7, 11) is 0. The molecule has 6 heteroatoms. The Balaban J connectivity index is 2.28. The van der Waals surface area contributed by atoms with Crippen LogP contribution in [0, 0.1) is 0 Å². The number of aromatic nitrogens is 1. The first-order chi connectivity index (χ1) is 8.60. The van der Waals surface area contributed by atoms with Crippen molar-refractivity contribution in [2.45, 2.75) is 6.54 Å². The van der Waals surface area contributed by atoms with Gasteiger partial charge in [-0.1, -0.05) is 27.5 Å². The fourth-order valence-electron chi connectivity index (χ4n) is 1.34. The lowest BCUT2D eigenvalue weighted by atomic mass is 10.2. The van der Waals surface area contributed by atoms with E-state index in [4.69, 9.17) is 22.1 Å². The second-order valence-corrected chi connectivity index (χ2v) is 5.67. The molecule has 0 aliphatic heterocycles. The quantitative estimate of drug-likeness (QED) is 0.836. The van der Waals surface area contributed by atoms with Gasteiger partial charge in [0.1, 0.15) is 5.75 Å². The van der Waals surface area contributed by atoms with Gasteiger partial charge in [0.15, 0.2) is 0 Å². The van der Waals surface area contributed by atoms with Crippen LogP contribution in [0.1, 0.15) is 5.56 Å². The highest BCUT2D eigenvalue weighted by Crippen LogP contribution is 2.32. The minimum atomic E-state index is 0.346. The molecule has 0 fully saturated rings. The predicted molar refractivity (Wildman–Crippen MR) is 79.1 cm³/mol. The van der Waals surface area contributed by atoms with Gasteiger partial charge in [-0.25, -0.2) is 4.98 Å². The average Bonchev–Trinajstić information content (AvgIpc) is 2.35. The topological polar surface area (TPSA) is 48.1 Å². The number of rotatable bonds is 3. The fourth-order valence-corrected chi connectivity index (χ4v) is 2.65. The molecule has 0 unspecified atom stereocenters. The zero-order valence-corrected chi connectivity index (χ0v) is 13.1. The predicted octanol–water partition coefficient (Wildman–Crippen LogP) is 4.51. The Kier molecular flexibility index (Phi) is 4.61. The molecule has 0 aliphatic carbocycles. The second-order valence-electron chi connectivity index (χ2n) is 3.49. The highest BCUT2D eigenvalue weighted by atomic mass is 79.9. The number of nitrogens with two attached hydrogens (primary N) is 1. The molecule has 0 amide bonds. The Bertz CT molecular complexity index is 578. The minimum Gasteiger partial charge on any atom is -0.438 e. The van der Waals surface area contributed by atoms with E-state index in [1.54, 1.807) is 6.07 Å². The summed E-state index contributed by atoms with van der Waals surface area (Å²) in [6.45, 7) is 0.346. The molecule has 1 heterocycles. The Hall–Kier alpha value is -0.620. The summed E-state index contributed by atoms with van der Waals surface area (Å²) >= 11 is 12.7. The molecule has 0 radical (unpaired) electrons. The van der Waals surface area contributed by atoms with E-state index in [0.717, 1.165) is 14.5 Å². The van der Waals surface area contributed by atoms with Gasteiger partial charge in [0.2, 0.25) is 5.88 Å². The van der Waals surface area contributed by atoms with Crippen molar-refractivity contribution in [1.29, 1.82) is 0 Å². The molecule has 94 valence electrons. The lowest BCUT2D eigenvalue weighted by Crippen LogP contribution is -1.99. The smallest absolute Gasteiger partial charge is 0.219 e. The van der Waals surface area contributed by atoms with Crippen molar-refractivity contribution in [1.82, 2.24) is 4.98 Å². The average molecular weight is 392 g/mol. The fraction of sp³-hybridized carbons (Fsp3) is 0.0833. The third-order valence-corrected chi connectivity index (χ3v) is 3.69. The summed E-state index contributed by atoms with van der Waals surface area (Å²) in [4.78, 5) is 4.10. The Morgan fingerprint density at radius 1 is 1.28 bits per heavy atom. The van der Waals surface area contributed by atoms with Crippen LogP contribution in [0.2, 0.25) is 5.02 Å². The summed E-state index contributed by atoms with van der Waals surface area (Å²) in [5.74, 6) is 1.14. The van der Waals surface area contributed by atoms with Crippen LogP contribution in [0.15, 0.2) is 39.4 Å². The van der Waals surface area contributed by atoms with Crippen molar-refractivity contribution < 1.29 is 4.74 Å². The molecule has 0 spiro atoms. The van der Waals surface area contributed by atoms with Gasteiger partial charge in [-0.3, -0.25) is 0 Å². The van der Waals surface area contributed by atoms with E-state index in [1.165, 1.54) is 6.20 Å². The maximum Gasteiger partial charge on any atom is 0.219 e. The first-order valence-corrected chi connectivity index (χ1v) is 7.04. The van der Waals surface area contributed by atoms with Crippen molar-refractivity contribution in [3.8, 4) is 11.6 Å². The SMILES string of the molecule is NCc1cc(Oc2ccc(Br)cc2Br)ncc1Cl. The van der Waals surface area contributed by atoms with Gasteiger partial charge in [-0.15, -0.1) is 0 Å². The Morgan fingerprint density at radius 2 is 2.06 bits per heavy atom. The van der Waals surface area contributed by atoms with Gasteiger partial charge in [0.25, 0.3) is 0 Å². The largest absolute Gasteiger partial charge is 0.438 e. The summed E-state index contributed by atoms with van der Waals surface area (Å²) in [6.07, 6.45) is 1.53. The molecule has 18 heavy (non-hydrogen) atoms. The van der Waals surface area contributed by atoms with Crippen molar-refractivity contribution in [2.75, 3.05) is 0 Å². The first-order valence-electron chi connectivity index (χ1n) is 5.07. The number of halogens is 3. The van der Waals surface area contributed by atoms with E-state index in [2.05, 4.69) is 36.8 Å². The molecular weight excluding hydrogens is 383 g/mol. The molecule has 1 aromatic heterocycles. The van der Waals surface area contributed by atoms with Crippen LogP contribution >= 0.6 is 43.5 Å². The van der Waals surface area contributed by atoms with Crippen LogP contribution in [0.5, 0.6) is 11.6 Å².